The highest BCUT2D eigenvalue weighted by molar-refractivity contribution is 5.80. The number of hydrogen-bond donors (Lipinski definition) is 2. The van der Waals surface area contributed by atoms with Crippen LogP contribution >= 0.6 is 0 Å². The molecule has 5 heteroatoms. The molecule has 0 fully saturated rings. The summed E-state index contributed by atoms with van der Waals surface area (Å²) >= 11 is 0. The van der Waals surface area contributed by atoms with Gasteiger partial charge in [-0.25, -0.2) is 14.8 Å². The SMILES string of the molecule is Fc1cc2ccccc2nc1NNCc1ccncc1. The van der Waals surface area contributed by atoms with E-state index in [1.54, 1.807) is 12.4 Å². The number of nitrogens with zero attached hydrogens (tertiary/aromatic N) is 2. The average molecular weight is 268 g/mol. The van der Waals surface area contributed by atoms with Gasteiger partial charge in [-0.15, -0.1) is 0 Å². The average Bonchev–Trinajstić information content (AvgIpc) is 2.49. The molecular weight excluding hydrogens is 255 g/mol. The second-order valence-corrected chi connectivity index (χ2v) is 4.35. The first-order valence-corrected chi connectivity index (χ1v) is 6.26. The lowest BCUT2D eigenvalue weighted by molar-refractivity contribution is 0.621. The van der Waals surface area contributed by atoms with Crippen LogP contribution in [0.1, 0.15) is 5.56 Å². The molecule has 0 radical (unpaired) electrons. The Labute approximate surface area is 115 Å². The molecule has 2 aromatic heterocycles. The van der Waals surface area contributed by atoms with Crippen molar-refractivity contribution in [2.75, 3.05) is 5.43 Å². The van der Waals surface area contributed by atoms with E-state index in [-0.39, 0.29) is 11.6 Å². The zero-order valence-electron chi connectivity index (χ0n) is 10.7. The number of fused-ring (bicyclic) bond motifs is 1. The number of anilines is 1. The van der Waals surface area contributed by atoms with Crippen molar-refractivity contribution >= 4 is 16.7 Å². The number of para-hydroxylation sites is 1. The molecule has 3 aromatic rings. The second-order valence-electron chi connectivity index (χ2n) is 4.35. The monoisotopic (exact) mass is 268 g/mol. The fraction of sp³-hybridized carbons (Fsp3) is 0.0667. The summed E-state index contributed by atoms with van der Waals surface area (Å²) in [5.74, 6) is -0.191. The fourth-order valence-corrected chi connectivity index (χ4v) is 1.91. The highest BCUT2D eigenvalue weighted by Crippen LogP contribution is 2.18. The van der Waals surface area contributed by atoms with Gasteiger partial charge < -0.3 is 5.43 Å². The minimum atomic E-state index is -0.383. The van der Waals surface area contributed by atoms with Crippen molar-refractivity contribution in [1.29, 1.82) is 0 Å². The van der Waals surface area contributed by atoms with Gasteiger partial charge >= 0.3 is 0 Å². The van der Waals surface area contributed by atoms with E-state index >= 15 is 0 Å². The summed E-state index contributed by atoms with van der Waals surface area (Å²) in [5, 5.41) is 0.782. The van der Waals surface area contributed by atoms with E-state index in [2.05, 4.69) is 20.8 Å². The molecule has 3 rings (SSSR count). The van der Waals surface area contributed by atoms with Crippen molar-refractivity contribution in [3.63, 3.8) is 0 Å². The third kappa shape index (κ3) is 2.73. The molecule has 0 unspecified atom stereocenters. The zero-order chi connectivity index (χ0) is 13.8. The Kier molecular flexibility index (Phi) is 3.52. The van der Waals surface area contributed by atoms with Crippen LogP contribution in [0.5, 0.6) is 0 Å². The third-order valence-electron chi connectivity index (χ3n) is 2.93. The summed E-state index contributed by atoms with van der Waals surface area (Å²) < 4.78 is 13.9. The van der Waals surface area contributed by atoms with Gasteiger partial charge in [0.2, 0.25) is 0 Å². The maximum atomic E-state index is 13.9. The molecule has 0 atom stereocenters. The molecule has 0 aliphatic heterocycles. The molecule has 20 heavy (non-hydrogen) atoms. The van der Waals surface area contributed by atoms with Gasteiger partial charge in [-0.05, 0) is 29.8 Å². The standard InChI is InChI=1S/C15H13FN4/c16-13-9-12-3-1-2-4-14(12)19-15(13)20-18-10-11-5-7-17-8-6-11/h1-9,18H,10H2,(H,19,20). The van der Waals surface area contributed by atoms with Crippen molar-refractivity contribution in [3.8, 4) is 0 Å². The Hall–Kier alpha value is -2.53. The molecule has 0 aliphatic rings. The minimum absolute atomic E-state index is 0.192. The Morgan fingerprint density at radius 1 is 1.05 bits per heavy atom. The molecular formula is C15H13FN4. The normalized spacial score (nSPS) is 10.7. The Balaban J connectivity index is 1.72. The van der Waals surface area contributed by atoms with E-state index < -0.39 is 0 Å². The molecule has 0 saturated carbocycles. The molecule has 100 valence electrons. The molecule has 0 amide bonds. The largest absolute Gasteiger partial charge is 0.303 e. The van der Waals surface area contributed by atoms with Crippen molar-refractivity contribution < 1.29 is 4.39 Å². The first-order valence-electron chi connectivity index (χ1n) is 6.26. The van der Waals surface area contributed by atoms with Gasteiger partial charge in [0, 0.05) is 24.3 Å². The summed E-state index contributed by atoms with van der Waals surface area (Å²) in [6.45, 7) is 0.552. The summed E-state index contributed by atoms with van der Waals surface area (Å²) in [5.41, 5.74) is 7.54. The van der Waals surface area contributed by atoms with Crippen LogP contribution in [-0.4, -0.2) is 9.97 Å². The summed E-state index contributed by atoms with van der Waals surface area (Å²) in [7, 11) is 0. The first-order chi connectivity index (χ1) is 9.83. The van der Waals surface area contributed by atoms with E-state index in [1.165, 1.54) is 6.07 Å². The molecule has 4 nitrogen and oxygen atoms in total. The van der Waals surface area contributed by atoms with E-state index in [1.807, 2.05) is 36.4 Å². The smallest absolute Gasteiger partial charge is 0.177 e. The topological polar surface area (TPSA) is 49.8 Å². The summed E-state index contributed by atoms with van der Waals surface area (Å²) in [4.78, 5) is 8.18. The first kappa shape index (κ1) is 12.5. The lowest BCUT2D eigenvalue weighted by atomic mass is 10.2. The summed E-state index contributed by atoms with van der Waals surface area (Å²) in [6.07, 6.45) is 3.43. The maximum Gasteiger partial charge on any atom is 0.177 e. The third-order valence-corrected chi connectivity index (χ3v) is 2.93. The van der Waals surface area contributed by atoms with Crippen LogP contribution in [0.4, 0.5) is 10.2 Å². The van der Waals surface area contributed by atoms with Gasteiger partial charge in [0.25, 0.3) is 0 Å². The maximum absolute atomic E-state index is 13.9. The van der Waals surface area contributed by atoms with Crippen LogP contribution in [0.15, 0.2) is 54.9 Å². The predicted molar refractivity (Wildman–Crippen MR) is 76.4 cm³/mol. The zero-order valence-corrected chi connectivity index (χ0v) is 10.7. The van der Waals surface area contributed by atoms with Crippen molar-refractivity contribution in [3.05, 3.63) is 66.2 Å². The van der Waals surface area contributed by atoms with Gasteiger partial charge in [0.05, 0.1) is 5.52 Å². The van der Waals surface area contributed by atoms with Crippen LogP contribution in [0.2, 0.25) is 0 Å². The molecule has 0 bridgehead atoms. The number of aromatic nitrogens is 2. The van der Waals surface area contributed by atoms with E-state index in [4.69, 9.17) is 0 Å². The second kappa shape index (κ2) is 5.63. The predicted octanol–water partition coefficient (Wildman–Crippen LogP) is 2.89. The van der Waals surface area contributed by atoms with Gasteiger partial charge in [-0.3, -0.25) is 4.98 Å². The van der Waals surface area contributed by atoms with Gasteiger partial charge in [0.1, 0.15) is 0 Å². The van der Waals surface area contributed by atoms with E-state index in [0.717, 1.165) is 16.5 Å². The number of halogens is 1. The molecule has 0 saturated heterocycles. The van der Waals surface area contributed by atoms with Gasteiger partial charge in [-0.1, -0.05) is 18.2 Å². The Morgan fingerprint density at radius 3 is 2.70 bits per heavy atom. The molecule has 0 spiro atoms. The number of rotatable bonds is 4. The van der Waals surface area contributed by atoms with Gasteiger partial charge in [-0.2, -0.15) is 0 Å². The van der Waals surface area contributed by atoms with Crippen molar-refractivity contribution in [2.45, 2.75) is 6.54 Å². The highest BCUT2D eigenvalue weighted by atomic mass is 19.1. The number of benzene rings is 1. The van der Waals surface area contributed by atoms with E-state index in [9.17, 15) is 4.39 Å². The van der Waals surface area contributed by atoms with Crippen molar-refractivity contribution in [2.24, 2.45) is 0 Å². The number of hydrogen-bond acceptors (Lipinski definition) is 4. The number of hydrazine groups is 1. The molecule has 0 aliphatic carbocycles. The lowest BCUT2D eigenvalue weighted by Crippen LogP contribution is -2.22. The molecule has 2 heterocycles. The van der Waals surface area contributed by atoms with Crippen LogP contribution in [0.3, 0.4) is 0 Å². The van der Waals surface area contributed by atoms with Gasteiger partial charge in [0.15, 0.2) is 11.6 Å². The van der Waals surface area contributed by atoms with Crippen LogP contribution in [0, 0.1) is 5.82 Å². The Bertz CT molecular complexity index is 715. The van der Waals surface area contributed by atoms with Crippen LogP contribution < -0.4 is 10.9 Å². The quantitative estimate of drug-likeness (QED) is 0.714. The lowest BCUT2D eigenvalue weighted by Gasteiger charge is -2.09. The van der Waals surface area contributed by atoms with Crippen molar-refractivity contribution in [1.82, 2.24) is 15.4 Å². The number of pyridine rings is 2. The van der Waals surface area contributed by atoms with Crippen LogP contribution in [-0.2, 0) is 6.54 Å². The van der Waals surface area contributed by atoms with Crippen LogP contribution in [0.25, 0.3) is 10.9 Å². The highest BCUT2D eigenvalue weighted by Gasteiger charge is 2.05. The van der Waals surface area contributed by atoms with E-state index in [0.29, 0.717) is 6.54 Å². The minimum Gasteiger partial charge on any atom is -0.303 e. The summed E-state index contributed by atoms with van der Waals surface area (Å²) in [6, 6.07) is 12.7. The molecule has 2 N–H and O–H groups in total. The fourth-order valence-electron chi connectivity index (χ4n) is 1.91. The Morgan fingerprint density at radius 2 is 1.85 bits per heavy atom. The molecule has 1 aromatic carbocycles. The number of nitrogens with one attached hydrogen (secondary N) is 2.